The van der Waals surface area contributed by atoms with Crippen LogP contribution in [0.5, 0.6) is 0 Å². The second-order valence-electron chi connectivity index (χ2n) is 6.15. The molecular formula is C15H23N3O. The minimum atomic E-state index is 0.0726. The lowest BCUT2D eigenvalue weighted by Gasteiger charge is -2.37. The third-order valence-corrected chi connectivity index (χ3v) is 3.97. The van der Waals surface area contributed by atoms with E-state index in [-0.39, 0.29) is 5.91 Å². The Morgan fingerprint density at radius 1 is 1.32 bits per heavy atom. The Morgan fingerprint density at radius 3 is 2.53 bits per heavy atom. The highest BCUT2D eigenvalue weighted by Crippen LogP contribution is 2.31. The zero-order chi connectivity index (χ0) is 14.0. The van der Waals surface area contributed by atoms with E-state index in [4.69, 9.17) is 5.84 Å². The number of rotatable bonds is 2. The number of nitrogens with zero attached hydrogens (tertiary/aromatic N) is 1. The average molecular weight is 261 g/mol. The standard InChI is InChI=1S/C15H23N3O/c1-11-4-5-12(13(10-11)17-16)14(19)18-8-6-15(2,3)7-9-18/h4-5,10,17H,6-9,16H2,1-3H3. The third kappa shape index (κ3) is 3.07. The maximum atomic E-state index is 12.5. The summed E-state index contributed by atoms with van der Waals surface area (Å²) in [4.78, 5) is 14.5. The molecule has 0 aliphatic carbocycles. The van der Waals surface area contributed by atoms with Gasteiger partial charge in [-0.1, -0.05) is 19.9 Å². The summed E-state index contributed by atoms with van der Waals surface area (Å²) in [5, 5.41) is 0. The van der Waals surface area contributed by atoms with E-state index < -0.39 is 0 Å². The largest absolute Gasteiger partial charge is 0.339 e. The molecule has 0 aromatic heterocycles. The van der Waals surface area contributed by atoms with Crippen molar-refractivity contribution in [1.82, 2.24) is 4.90 Å². The highest BCUT2D eigenvalue weighted by Gasteiger charge is 2.29. The van der Waals surface area contributed by atoms with Gasteiger partial charge in [0.15, 0.2) is 0 Å². The number of benzene rings is 1. The molecule has 4 heteroatoms. The van der Waals surface area contributed by atoms with Crippen LogP contribution in [-0.2, 0) is 0 Å². The smallest absolute Gasteiger partial charge is 0.256 e. The van der Waals surface area contributed by atoms with Gasteiger partial charge in [0.1, 0.15) is 0 Å². The second kappa shape index (κ2) is 5.21. The Balaban J connectivity index is 2.16. The molecule has 1 aromatic rings. The number of nitrogens with two attached hydrogens (primary N) is 1. The van der Waals surface area contributed by atoms with Crippen LogP contribution in [0.4, 0.5) is 5.69 Å². The summed E-state index contributed by atoms with van der Waals surface area (Å²) in [5.74, 6) is 5.58. The number of nitrogen functional groups attached to an aromatic ring is 1. The zero-order valence-electron chi connectivity index (χ0n) is 12.0. The van der Waals surface area contributed by atoms with Crippen molar-refractivity contribution in [2.75, 3.05) is 18.5 Å². The number of amides is 1. The molecule has 1 aliphatic heterocycles. The van der Waals surface area contributed by atoms with Gasteiger partial charge in [-0.05, 0) is 42.9 Å². The number of hydrogen-bond acceptors (Lipinski definition) is 3. The van der Waals surface area contributed by atoms with Crippen LogP contribution in [0.3, 0.4) is 0 Å². The summed E-state index contributed by atoms with van der Waals surface area (Å²) in [5.41, 5.74) is 5.42. The molecule has 0 radical (unpaired) electrons. The molecule has 1 fully saturated rings. The van der Waals surface area contributed by atoms with E-state index in [9.17, 15) is 4.79 Å². The van der Waals surface area contributed by atoms with Crippen molar-refractivity contribution in [3.05, 3.63) is 29.3 Å². The lowest BCUT2D eigenvalue weighted by molar-refractivity contribution is 0.0631. The Labute approximate surface area is 114 Å². The number of nitrogens with one attached hydrogen (secondary N) is 1. The van der Waals surface area contributed by atoms with Crippen molar-refractivity contribution in [2.24, 2.45) is 11.3 Å². The van der Waals surface area contributed by atoms with Crippen LogP contribution in [-0.4, -0.2) is 23.9 Å². The first-order chi connectivity index (χ1) is 8.93. The normalized spacial score (nSPS) is 18.2. The Bertz CT molecular complexity index is 472. The number of aryl methyl sites for hydroxylation is 1. The van der Waals surface area contributed by atoms with Crippen molar-refractivity contribution in [1.29, 1.82) is 0 Å². The molecule has 1 heterocycles. The van der Waals surface area contributed by atoms with Gasteiger partial charge in [0, 0.05) is 13.1 Å². The highest BCUT2D eigenvalue weighted by atomic mass is 16.2. The van der Waals surface area contributed by atoms with Crippen LogP contribution in [0.25, 0.3) is 0 Å². The molecule has 0 atom stereocenters. The molecule has 0 unspecified atom stereocenters. The minimum Gasteiger partial charge on any atom is -0.339 e. The number of carbonyl (C=O) groups excluding carboxylic acids is 1. The van der Waals surface area contributed by atoms with Gasteiger partial charge in [-0.3, -0.25) is 10.6 Å². The molecule has 0 spiro atoms. The predicted molar refractivity (Wildman–Crippen MR) is 77.9 cm³/mol. The fraction of sp³-hybridized carbons (Fsp3) is 0.533. The number of hydrazine groups is 1. The monoisotopic (exact) mass is 261 g/mol. The first-order valence-electron chi connectivity index (χ1n) is 6.79. The molecule has 2 rings (SSSR count). The number of piperidine rings is 1. The highest BCUT2D eigenvalue weighted by molar-refractivity contribution is 5.99. The molecule has 3 N–H and O–H groups in total. The SMILES string of the molecule is Cc1ccc(C(=O)N2CCC(C)(C)CC2)c(NN)c1. The van der Waals surface area contributed by atoms with Crippen molar-refractivity contribution in [3.8, 4) is 0 Å². The van der Waals surface area contributed by atoms with Crippen molar-refractivity contribution in [2.45, 2.75) is 33.6 Å². The summed E-state index contributed by atoms with van der Waals surface area (Å²) in [7, 11) is 0. The third-order valence-electron chi connectivity index (χ3n) is 3.97. The van der Waals surface area contributed by atoms with E-state index in [1.54, 1.807) is 0 Å². The predicted octanol–water partition coefficient (Wildman–Crippen LogP) is 2.54. The summed E-state index contributed by atoms with van der Waals surface area (Å²) in [6.07, 6.45) is 2.10. The molecule has 1 amide bonds. The molecule has 104 valence electrons. The van der Waals surface area contributed by atoms with Gasteiger partial charge >= 0.3 is 0 Å². The van der Waals surface area contributed by atoms with Crippen LogP contribution in [0.1, 0.15) is 42.6 Å². The van der Waals surface area contributed by atoms with E-state index in [0.29, 0.717) is 16.7 Å². The summed E-state index contributed by atoms with van der Waals surface area (Å²) in [6, 6.07) is 5.70. The van der Waals surface area contributed by atoms with Crippen LogP contribution in [0.15, 0.2) is 18.2 Å². The van der Waals surface area contributed by atoms with Crippen molar-refractivity contribution in [3.63, 3.8) is 0 Å². The first-order valence-corrected chi connectivity index (χ1v) is 6.79. The minimum absolute atomic E-state index is 0.0726. The van der Waals surface area contributed by atoms with Crippen LogP contribution in [0, 0.1) is 12.3 Å². The number of likely N-dealkylation sites (tertiary alicyclic amines) is 1. The Kier molecular flexibility index (Phi) is 3.80. The van der Waals surface area contributed by atoms with E-state index in [2.05, 4.69) is 19.3 Å². The van der Waals surface area contributed by atoms with Crippen LogP contribution in [0.2, 0.25) is 0 Å². The lowest BCUT2D eigenvalue weighted by Crippen LogP contribution is -2.41. The summed E-state index contributed by atoms with van der Waals surface area (Å²) >= 11 is 0. The number of carbonyl (C=O) groups is 1. The van der Waals surface area contributed by atoms with Crippen molar-refractivity contribution >= 4 is 11.6 Å². The van der Waals surface area contributed by atoms with Crippen LogP contribution >= 0.6 is 0 Å². The molecule has 1 aromatic carbocycles. The summed E-state index contributed by atoms with van der Waals surface area (Å²) < 4.78 is 0. The first kappa shape index (κ1) is 13.9. The van der Waals surface area contributed by atoms with Gasteiger partial charge in [0.05, 0.1) is 11.3 Å². The van der Waals surface area contributed by atoms with Gasteiger partial charge in [-0.2, -0.15) is 0 Å². The van der Waals surface area contributed by atoms with E-state index >= 15 is 0 Å². The molecule has 1 aliphatic rings. The second-order valence-corrected chi connectivity index (χ2v) is 6.15. The van der Waals surface area contributed by atoms with Crippen LogP contribution < -0.4 is 11.3 Å². The number of anilines is 1. The quantitative estimate of drug-likeness (QED) is 0.635. The summed E-state index contributed by atoms with van der Waals surface area (Å²) in [6.45, 7) is 8.15. The lowest BCUT2D eigenvalue weighted by atomic mass is 9.82. The Hall–Kier alpha value is -1.55. The molecule has 19 heavy (non-hydrogen) atoms. The van der Waals surface area contributed by atoms with E-state index in [0.717, 1.165) is 31.5 Å². The maximum Gasteiger partial charge on any atom is 0.256 e. The molecular weight excluding hydrogens is 238 g/mol. The van der Waals surface area contributed by atoms with Gasteiger partial charge in [-0.15, -0.1) is 0 Å². The average Bonchev–Trinajstić information content (AvgIpc) is 2.37. The van der Waals surface area contributed by atoms with Gasteiger partial charge in [0.25, 0.3) is 5.91 Å². The Morgan fingerprint density at radius 2 is 1.95 bits per heavy atom. The molecule has 1 saturated heterocycles. The zero-order valence-corrected chi connectivity index (χ0v) is 12.0. The van der Waals surface area contributed by atoms with Gasteiger partial charge in [0.2, 0.25) is 0 Å². The van der Waals surface area contributed by atoms with Gasteiger partial charge < -0.3 is 10.3 Å². The fourth-order valence-electron chi connectivity index (χ4n) is 2.45. The van der Waals surface area contributed by atoms with E-state index in [1.165, 1.54) is 0 Å². The fourth-order valence-corrected chi connectivity index (χ4v) is 2.45. The molecule has 0 bridgehead atoms. The van der Waals surface area contributed by atoms with Gasteiger partial charge in [-0.25, -0.2) is 0 Å². The topological polar surface area (TPSA) is 58.4 Å². The van der Waals surface area contributed by atoms with Crippen molar-refractivity contribution < 1.29 is 4.79 Å². The molecule has 4 nitrogen and oxygen atoms in total. The van der Waals surface area contributed by atoms with E-state index in [1.807, 2.05) is 30.0 Å². The number of hydrogen-bond donors (Lipinski definition) is 2. The molecule has 0 saturated carbocycles. The maximum absolute atomic E-state index is 12.5.